The fourth-order valence-electron chi connectivity index (χ4n) is 3.34. The highest BCUT2D eigenvalue weighted by molar-refractivity contribution is 6.31. The van der Waals surface area contributed by atoms with Gasteiger partial charge in [-0.05, 0) is 47.9 Å². The molecule has 0 spiro atoms. The van der Waals surface area contributed by atoms with E-state index in [2.05, 4.69) is 20.7 Å². The maximum Gasteiger partial charge on any atom is 0.293 e. The van der Waals surface area contributed by atoms with Crippen molar-refractivity contribution in [2.24, 2.45) is 0 Å². The standard InChI is InChI=1S/C24H21ClN6O3/c25-20-4-2-1-3-19(20)16-27-21-6-5-18(15-22(21)31(33)34)24(32)28-23-10-14-30(29-23)13-9-17-7-11-26-12-8-17/h1-8,10-12,14-15,27H,9,13,16H2,(H,28,29,32). The van der Waals surface area contributed by atoms with Crippen LogP contribution in [0.1, 0.15) is 21.5 Å². The van der Waals surface area contributed by atoms with Crippen LogP contribution in [0.15, 0.2) is 79.3 Å². The molecule has 0 aliphatic heterocycles. The molecule has 0 saturated carbocycles. The third-order valence-electron chi connectivity index (χ3n) is 5.14. The summed E-state index contributed by atoms with van der Waals surface area (Å²) in [6, 6.07) is 17.1. The minimum absolute atomic E-state index is 0.154. The normalized spacial score (nSPS) is 10.6. The number of benzene rings is 2. The second-order valence-electron chi connectivity index (χ2n) is 7.46. The SMILES string of the molecule is O=C(Nc1ccn(CCc2ccncc2)n1)c1ccc(NCc2ccccc2Cl)c([N+](=O)[O-])c1. The Hall–Kier alpha value is -4.24. The molecular formula is C24H21ClN6O3. The van der Waals surface area contributed by atoms with E-state index >= 15 is 0 Å². The molecule has 2 heterocycles. The number of nitrogens with zero attached hydrogens (tertiary/aromatic N) is 4. The Morgan fingerprint density at radius 1 is 1.09 bits per heavy atom. The predicted octanol–water partition coefficient (Wildman–Crippen LogP) is 4.95. The summed E-state index contributed by atoms with van der Waals surface area (Å²) >= 11 is 6.15. The molecule has 0 atom stereocenters. The van der Waals surface area contributed by atoms with Crippen molar-refractivity contribution >= 4 is 34.7 Å². The van der Waals surface area contributed by atoms with E-state index in [0.717, 1.165) is 17.5 Å². The highest BCUT2D eigenvalue weighted by atomic mass is 35.5. The van der Waals surface area contributed by atoms with E-state index in [4.69, 9.17) is 11.6 Å². The second kappa shape index (κ2) is 10.6. The van der Waals surface area contributed by atoms with Crippen LogP contribution >= 0.6 is 11.6 Å². The summed E-state index contributed by atoms with van der Waals surface area (Å²) < 4.78 is 1.72. The van der Waals surface area contributed by atoms with Gasteiger partial charge in [0, 0.05) is 54.4 Å². The third kappa shape index (κ3) is 5.76. The zero-order chi connectivity index (χ0) is 23.9. The summed E-state index contributed by atoms with van der Waals surface area (Å²) in [5.74, 6) is -0.122. The molecular weight excluding hydrogens is 456 g/mol. The number of amides is 1. The van der Waals surface area contributed by atoms with Crippen molar-refractivity contribution in [3.05, 3.63) is 111 Å². The minimum atomic E-state index is -0.528. The van der Waals surface area contributed by atoms with Crippen LogP contribution in [-0.2, 0) is 19.5 Å². The number of nitrogens with one attached hydrogen (secondary N) is 2. The van der Waals surface area contributed by atoms with E-state index in [1.54, 1.807) is 35.4 Å². The molecule has 0 aliphatic carbocycles. The lowest BCUT2D eigenvalue weighted by atomic mass is 10.1. The number of anilines is 2. The average molecular weight is 477 g/mol. The van der Waals surface area contributed by atoms with E-state index in [9.17, 15) is 14.9 Å². The summed E-state index contributed by atoms with van der Waals surface area (Å²) in [5, 5.41) is 22.2. The first-order valence-corrected chi connectivity index (χ1v) is 10.9. The van der Waals surface area contributed by atoms with E-state index in [1.807, 2.05) is 30.3 Å². The van der Waals surface area contributed by atoms with Crippen molar-refractivity contribution in [3.63, 3.8) is 0 Å². The Balaban J connectivity index is 1.41. The van der Waals surface area contributed by atoms with Crippen molar-refractivity contribution in [1.82, 2.24) is 14.8 Å². The van der Waals surface area contributed by atoms with Crippen molar-refractivity contribution < 1.29 is 9.72 Å². The molecule has 0 saturated heterocycles. The number of hydrogen-bond acceptors (Lipinski definition) is 6. The van der Waals surface area contributed by atoms with Gasteiger partial charge in [-0.25, -0.2) is 0 Å². The van der Waals surface area contributed by atoms with Gasteiger partial charge in [-0.15, -0.1) is 0 Å². The smallest absolute Gasteiger partial charge is 0.293 e. The van der Waals surface area contributed by atoms with Crippen LogP contribution in [-0.4, -0.2) is 25.6 Å². The number of hydrogen-bond donors (Lipinski definition) is 2. The van der Waals surface area contributed by atoms with Gasteiger partial charge in [0.15, 0.2) is 5.82 Å². The first-order chi connectivity index (χ1) is 16.5. The predicted molar refractivity (Wildman–Crippen MR) is 130 cm³/mol. The monoisotopic (exact) mass is 476 g/mol. The number of nitro benzene ring substituents is 1. The highest BCUT2D eigenvalue weighted by Gasteiger charge is 2.18. The molecule has 2 aromatic carbocycles. The van der Waals surface area contributed by atoms with Crippen LogP contribution in [0.2, 0.25) is 5.02 Å². The van der Waals surface area contributed by atoms with Crippen LogP contribution in [0, 0.1) is 10.1 Å². The Morgan fingerprint density at radius 2 is 1.88 bits per heavy atom. The van der Waals surface area contributed by atoms with E-state index < -0.39 is 10.8 Å². The summed E-state index contributed by atoms with van der Waals surface area (Å²) in [6.45, 7) is 0.945. The van der Waals surface area contributed by atoms with Crippen LogP contribution < -0.4 is 10.6 Å². The lowest BCUT2D eigenvalue weighted by Crippen LogP contribution is -2.14. The zero-order valence-electron chi connectivity index (χ0n) is 18.0. The number of aromatic nitrogens is 3. The molecule has 34 heavy (non-hydrogen) atoms. The minimum Gasteiger partial charge on any atom is -0.375 e. The van der Waals surface area contributed by atoms with Gasteiger partial charge in [-0.3, -0.25) is 24.6 Å². The van der Waals surface area contributed by atoms with Gasteiger partial charge < -0.3 is 10.6 Å². The molecule has 4 aromatic rings. The van der Waals surface area contributed by atoms with Gasteiger partial charge in [-0.2, -0.15) is 5.10 Å². The van der Waals surface area contributed by atoms with Crippen molar-refractivity contribution in [3.8, 4) is 0 Å². The molecule has 1 amide bonds. The van der Waals surface area contributed by atoms with Crippen LogP contribution in [0.4, 0.5) is 17.2 Å². The molecule has 172 valence electrons. The number of carbonyl (C=O) groups is 1. The van der Waals surface area contributed by atoms with Gasteiger partial charge in [0.25, 0.3) is 11.6 Å². The van der Waals surface area contributed by atoms with Crippen LogP contribution in [0.5, 0.6) is 0 Å². The van der Waals surface area contributed by atoms with Gasteiger partial charge in [0.2, 0.25) is 0 Å². The largest absolute Gasteiger partial charge is 0.375 e. The summed E-state index contributed by atoms with van der Waals surface area (Å²) in [7, 11) is 0. The molecule has 0 radical (unpaired) electrons. The highest BCUT2D eigenvalue weighted by Crippen LogP contribution is 2.27. The van der Waals surface area contributed by atoms with Crippen LogP contribution in [0.25, 0.3) is 0 Å². The summed E-state index contributed by atoms with van der Waals surface area (Å²) in [6.07, 6.45) is 6.01. The fraction of sp³-hybridized carbons (Fsp3) is 0.125. The van der Waals surface area contributed by atoms with E-state index in [0.29, 0.717) is 29.6 Å². The van der Waals surface area contributed by atoms with Gasteiger partial charge in [-0.1, -0.05) is 29.8 Å². The lowest BCUT2D eigenvalue weighted by Gasteiger charge is -2.10. The summed E-state index contributed by atoms with van der Waals surface area (Å²) in [4.78, 5) is 27.8. The number of aryl methyl sites for hydroxylation is 2. The molecule has 9 nitrogen and oxygen atoms in total. The number of carbonyl (C=O) groups excluding carboxylic acids is 1. The molecule has 0 unspecified atom stereocenters. The van der Waals surface area contributed by atoms with E-state index in [1.165, 1.54) is 18.2 Å². The fourth-order valence-corrected chi connectivity index (χ4v) is 3.54. The number of rotatable bonds is 9. The topological polar surface area (TPSA) is 115 Å². The molecule has 0 fully saturated rings. The Morgan fingerprint density at radius 3 is 2.65 bits per heavy atom. The first kappa shape index (κ1) is 22.9. The van der Waals surface area contributed by atoms with Crippen molar-refractivity contribution in [2.75, 3.05) is 10.6 Å². The summed E-state index contributed by atoms with van der Waals surface area (Å²) in [5.41, 5.74) is 2.18. The Labute approximate surface area is 200 Å². The van der Waals surface area contributed by atoms with Gasteiger partial charge >= 0.3 is 0 Å². The molecule has 2 aromatic heterocycles. The quantitative estimate of drug-likeness (QED) is 0.261. The van der Waals surface area contributed by atoms with E-state index in [-0.39, 0.29) is 11.3 Å². The Bertz CT molecular complexity index is 1310. The maximum atomic E-state index is 12.7. The zero-order valence-corrected chi connectivity index (χ0v) is 18.8. The number of pyridine rings is 1. The number of halogens is 1. The molecule has 4 rings (SSSR count). The molecule has 0 bridgehead atoms. The van der Waals surface area contributed by atoms with Crippen LogP contribution in [0.3, 0.4) is 0 Å². The first-order valence-electron chi connectivity index (χ1n) is 10.5. The Kier molecular flexibility index (Phi) is 7.14. The molecule has 2 N–H and O–H groups in total. The van der Waals surface area contributed by atoms with Crippen molar-refractivity contribution in [2.45, 2.75) is 19.5 Å². The van der Waals surface area contributed by atoms with Gasteiger partial charge in [0.05, 0.1) is 4.92 Å². The van der Waals surface area contributed by atoms with Crippen molar-refractivity contribution in [1.29, 1.82) is 0 Å². The van der Waals surface area contributed by atoms with Gasteiger partial charge in [0.1, 0.15) is 5.69 Å². The number of nitro groups is 1. The average Bonchev–Trinajstić information content (AvgIpc) is 3.30. The maximum absolute atomic E-state index is 12.7. The second-order valence-corrected chi connectivity index (χ2v) is 7.86. The lowest BCUT2D eigenvalue weighted by molar-refractivity contribution is -0.384. The third-order valence-corrected chi connectivity index (χ3v) is 5.51. The molecule has 0 aliphatic rings. The molecule has 10 heteroatoms.